The smallest absolute Gasteiger partial charge is 0.204 e. The third-order valence-corrected chi connectivity index (χ3v) is 3.11. The molecule has 1 atom stereocenters. The second-order valence-corrected chi connectivity index (χ2v) is 4.60. The fourth-order valence-electron chi connectivity index (χ4n) is 1.11. The van der Waals surface area contributed by atoms with Crippen molar-refractivity contribution in [1.29, 1.82) is 0 Å². The van der Waals surface area contributed by atoms with E-state index < -0.39 is 0 Å². The van der Waals surface area contributed by atoms with Gasteiger partial charge in [0, 0.05) is 31.2 Å². The molecule has 1 aromatic rings. The van der Waals surface area contributed by atoms with Crippen LogP contribution in [0.1, 0.15) is 20.3 Å². The summed E-state index contributed by atoms with van der Waals surface area (Å²) in [6.07, 6.45) is 2.58. The van der Waals surface area contributed by atoms with E-state index in [2.05, 4.69) is 28.1 Å². The molecule has 4 nitrogen and oxygen atoms in total. The molecule has 0 bridgehead atoms. The van der Waals surface area contributed by atoms with Gasteiger partial charge in [-0.25, -0.2) is 4.98 Å². The van der Waals surface area contributed by atoms with E-state index in [9.17, 15) is 0 Å². The fourth-order valence-corrected chi connectivity index (χ4v) is 1.62. The quantitative estimate of drug-likeness (QED) is 0.804. The van der Waals surface area contributed by atoms with E-state index in [1.54, 1.807) is 6.33 Å². The normalized spacial score (nSPS) is 13.2. The maximum atomic E-state index is 5.96. The van der Waals surface area contributed by atoms with Crippen LogP contribution in [0.3, 0.4) is 0 Å². The molecule has 1 aromatic heterocycles. The van der Waals surface area contributed by atoms with Gasteiger partial charge in [-0.05, 0) is 12.3 Å². The van der Waals surface area contributed by atoms with Gasteiger partial charge in [0.05, 0.1) is 0 Å². The largest absolute Gasteiger partial charge is 0.350 e. The zero-order valence-corrected chi connectivity index (χ0v) is 9.79. The van der Waals surface area contributed by atoms with E-state index >= 15 is 0 Å². The van der Waals surface area contributed by atoms with Crippen molar-refractivity contribution in [3.8, 4) is 0 Å². The van der Waals surface area contributed by atoms with Gasteiger partial charge in [-0.15, -0.1) is 0 Å². The first kappa shape index (κ1) is 11.4. The van der Waals surface area contributed by atoms with Crippen LogP contribution in [0.15, 0.2) is 6.33 Å². The predicted molar refractivity (Wildman–Crippen MR) is 60.6 cm³/mol. The Balaban J connectivity index is 2.32. The molecule has 5 heteroatoms. The van der Waals surface area contributed by atoms with Crippen molar-refractivity contribution in [3.63, 3.8) is 0 Å². The summed E-state index contributed by atoms with van der Waals surface area (Å²) in [5.41, 5.74) is 5.96. The van der Waals surface area contributed by atoms with E-state index in [4.69, 9.17) is 5.73 Å². The molecule has 0 spiro atoms. The van der Waals surface area contributed by atoms with E-state index in [-0.39, 0.29) is 6.04 Å². The lowest BCUT2D eigenvalue weighted by Gasteiger charge is -2.20. The van der Waals surface area contributed by atoms with Crippen molar-refractivity contribution in [3.05, 3.63) is 6.33 Å². The van der Waals surface area contributed by atoms with Gasteiger partial charge >= 0.3 is 0 Å². The number of rotatable bonds is 5. The summed E-state index contributed by atoms with van der Waals surface area (Å²) in [6, 6.07) is 0.269. The summed E-state index contributed by atoms with van der Waals surface area (Å²) in [7, 11) is 2.02. The summed E-state index contributed by atoms with van der Waals surface area (Å²) in [5, 5.41) is 0.959. The van der Waals surface area contributed by atoms with Gasteiger partial charge in [0.25, 0.3) is 0 Å². The molecule has 0 saturated heterocycles. The third kappa shape index (κ3) is 3.23. The van der Waals surface area contributed by atoms with Gasteiger partial charge in [-0.2, -0.15) is 4.37 Å². The van der Waals surface area contributed by atoms with Crippen LogP contribution in [-0.4, -0.2) is 29.0 Å². The first-order chi connectivity index (χ1) is 6.61. The number of hydrogen-bond acceptors (Lipinski definition) is 5. The lowest BCUT2D eigenvalue weighted by molar-refractivity contribution is 0.466. The molecule has 1 unspecified atom stereocenters. The summed E-state index contributed by atoms with van der Waals surface area (Å²) in [5.74, 6) is 0.540. The molecular formula is C9H18N4S. The first-order valence-corrected chi connectivity index (χ1v) is 5.62. The van der Waals surface area contributed by atoms with Crippen LogP contribution in [-0.2, 0) is 0 Å². The number of nitrogens with zero attached hydrogens (tertiary/aromatic N) is 3. The Labute approximate surface area is 89.3 Å². The van der Waals surface area contributed by atoms with Gasteiger partial charge in [-0.1, -0.05) is 13.8 Å². The van der Waals surface area contributed by atoms with Gasteiger partial charge in [0.2, 0.25) is 5.13 Å². The van der Waals surface area contributed by atoms with Crippen LogP contribution in [0.2, 0.25) is 0 Å². The molecule has 0 aliphatic rings. The Morgan fingerprint density at radius 3 is 2.79 bits per heavy atom. The zero-order valence-electron chi connectivity index (χ0n) is 8.97. The molecule has 1 rings (SSSR count). The highest BCUT2D eigenvalue weighted by Gasteiger charge is 2.10. The minimum absolute atomic E-state index is 0.269. The molecular weight excluding hydrogens is 196 g/mol. The Bertz CT molecular complexity index is 247. The number of nitrogens with two attached hydrogens (primary N) is 1. The van der Waals surface area contributed by atoms with Crippen LogP contribution in [0.4, 0.5) is 5.13 Å². The lowest BCUT2D eigenvalue weighted by atomic mass is 10.0. The highest BCUT2D eigenvalue weighted by molar-refractivity contribution is 7.09. The van der Waals surface area contributed by atoms with E-state index in [0.717, 1.165) is 18.1 Å². The maximum Gasteiger partial charge on any atom is 0.204 e. The molecule has 0 amide bonds. The van der Waals surface area contributed by atoms with Gasteiger partial charge in [-0.3, -0.25) is 0 Å². The average Bonchev–Trinajstić information content (AvgIpc) is 2.66. The molecule has 0 fully saturated rings. The van der Waals surface area contributed by atoms with Crippen LogP contribution in [0.25, 0.3) is 0 Å². The second kappa shape index (κ2) is 5.26. The second-order valence-electron chi connectivity index (χ2n) is 3.84. The highest BCUT2D eigenvalue weighted by Crippen LogP contribution is 2.13. The summed E-state index contributed by atoms with van der Waals surface area (Å²) in [6.45, 7) is 5.24. The van der Waals surface area contributed by atoms with Crippen molar-refractivity contribution >= 4 is 16.7 Å². The molecule has 0 aliphatic heterocycles. The van der Waals surface area contributed by atoms with Crippen LogP contribution >= 0.6 is 11.5 Å². The summed E-state index contributed by atoms with van der Waals surface area (Å²) >= 11 is 1.42. The Morgan fingerprint density at radius 1 is 1.57 bits per heavy atom. The maximum absolute atomic E-state index is 5.96. The SMILES string of the molecule is CC(C)C(N)CCN(C)c1ncns1. The standard InChI is InChI=1S/C9H18N4S/c1-7(2)8(10)4-5-13(3)9-11-6-12-14-9/h6-8H,4-5,10H2,1-3H3. The third-order valence-electron chi connectivity index (χ3n) is 2.33. The molecule has 1 heterocycles. The minimum atomic E-state index is 0.269. The molecule has 80 valence electrons. The van der Waals surface area contributed by atoms with Crippen molar-refractivity contribution in [2.75, 3.05) is 18.5 Å². The van der Waals surface area contributed by atoms with E-state index in [1.807, 2.05) is 7.05 Å². The highest BCUT2D eigenvalue weighted by atomic mass is 32.1. The molecule has 0 saturated carbocycles. The fraction of sp³-hybridized carbons (Fsp3) is 0.778. The number of hydrogen-bond donors (Lipinski definition) is 1. The van der Waals surface area contributed by atoms with Gasteiger partial charge < -0.3 is 10.6 Å². The molecule has 14 heavy (non-hydrogen) atoms. The zero-order chi connectivity index (χ0) is 10.6. The Morgan fingerprint density at radius 2 is 2.29 bits per heavy atom. The first-order valence-electron chi connectivity index (χ1n) is 4.84. The monoisotopic (exact) mass is 214 g/mol. The van der Waals surface area contributed by atoms with E-state index in [1.165, 1.54) is 11.5 Å². The predicted octanol–water partition coefficient (Wildman–Crippen LogP) is 1.35. The number of anilines is 1. The molecule has 0 radical (unpaired) electrons. The minimum Gasteiger partial charge on any atom is -0.350 e. The van der Waals surface area contributed by atoms with Gasteiger partial charge in [0.1, 0.15) is 6.33 Å². The van der Waals surface area contributed by atoms with Crippen molar-refractivity contribution in [2.24, 2.45) is 11.7 Å². The van der Waals surface area contributed by atoms with Crippen molar-refractivity contribution in [2.45, 2.75) is 26.3 Å². The van der Waals surface area contributed by atoms with Crippen LogP contribution in [0, 0.1) is 5.92 Å². The lowest BCUT2D eigenvalue weighted by Crippen LogP contribution is -2.31. The molecule has 2 N–H and O–H groups in total. The average molecular weight is 214 g/mol. The van der Waals surface area contributed by atoms with Crippen molar-refractivity contribution in [1.82, 2.24) is 9.36 Å². The van der Waals surface area contributed by atoms with Crippen LogP contribution in [0.5, 0.6) is 0 Å². The topological polar surface area (TPSA) is 55.0 Å². The van der Waals surface area contributed by atoms with E-state index in [0.29, 0.717) is 5.92 Å². The van der Waals surface area contributed by atoms with Gasteiger partial charge in [0.15, 0.2) is 0 Å². The summed E-state index contributed by atoms with van der Waals surface area (Å²) < 4.78 is 3.96. The Hall–Kier alpha value is -0.680. The number of aromatic nitrogens is 2. The summed E-state index contributed by atoms with van der Waals surface area (Å²) in [4.78, 5) is 6.23. The van der Waals surface area contributed by atoms with Crippen molar-refractivity contribution < 1.29 is 0 Å². The van der Waals surface area contributed by atoms with Crippen LogP contribution < -0.4 is 10.6 Å². The Kier molecular flexibility index (Phi) is 4.28. The molecule has 0 aliphatic carbocycles. The molecule has 0 aromatic carbocycles.